The zero-order valence-corrected chi connectivity index (χ0v) is 11.0. The van der Waals surface area contributed by atoms with Crippen molar-refractivity contribution in [2.24, 2.45) is 0 Å². The molecule has 0 saturated heterocycles. The molecule has 0 aromatic carbocycles. The molecule has 1 unspecified atom stereocenters. The largest absolute Gasteiger partial charge is 0.333 e. The zero-order chi connectivity index (χ0) is 13.9. The molecule has 1 atom stereocenters. The van der Waals surface area contributed by atoms with E-state index in [1.807, 2.05) is 17.9 Å². The maximum absolute atomic E-state index is 11.5. The number of rotatable bonds is 3. The Kier molecular flexibility index (Phi) is 3.16. The van der Waals surface area contributed by atoms with Crippen molar-refractivity contribution in [2.75, 3.05) is 0 Å². The summed E-state index contributed by atoms with van der Waals surface area (Å²) in [6.07, 6.45) is 9.82. The van der Waals surface area contributed by atoms with Crippen LogP contribution in [0.2, 0.25) is 0 Å². The number of nitrogens with zero attached hydrogens (tertiary/aromatic N) is 5. The fraction of sp³-hybridized carbons (Fsp3) is 0.231. The summed E-state index contributed by atoms with van der Waals surface area (Å²) >= 11 is 0. The van der Waals surface area contributed by atoms with E-state index < -0.39 is 0 Å². The van der Waals surface area contributed by atoms with Gasteiger partial charge in [-0.1, -0.05) is 0 Å². The first-order valence-electron chi connectivity index (χ1n) is 6.23. The Hall–Kier alpha value is -2.70. The van der Waals surface area contributed by atoms with Gasteiger partial charge in [0.15, 0.2) is 0 Å². The highest BCUT2D eigenvalue weighted by atomic mass is 16.2. The van der Waals surface area contributed by atoms with Gasteiger partial charge in [-0.15, -0.1) is 0 Å². The van der Waals surface area contributed by atoms with E-state index in [0.29, 0.717) is 6.54 Å². The van der Waals surface area contributed by atoms with Crippen LogP contribution in [0.1, 0.15) is 17.7 Å². The van der Waals surface area contributed by atoms with Crippen LogP contribution in [-0.2, 0) is 11.3 Å². The number of carbonyl (C=O) groups is 1. The Labute approximate surface area is 116 Å². The topological polar surface area (TPSA) is 75.9 Å². The lowest BCUT2D eigenvalue weighted by atomic mass is 10.3. The number of aromatic nitrogens is 4. The van der Waals surface area contributed by atoms with Crippen molar-refractivity contribution in [3.8, 4) is 0 Å². The van der Waals surface area contributed by atoms with Crippen LogP contribution in [0.3, 0.4) is 0 Å². The molecule has 2 aromatic rings. The Balaban J connectivity index is 1.83. The second kappa shape index (κ2) is 5.12. The lowest BCUT2D eigenvalue weighted by Gasteiger charge is -2.33. The van der Waals surface area contributed by atoms with Gasteiger partial charge in [-0.05, 0) is 13.0 Å². The van der Waals surface area contributed by atoms with E-state index in [0.717, 1.165) is 11.4 Å². The third-order valence-corrected chi connectivity index (χ3v) is 2.96. The highest BCUT2D eigenvalue weighted by Crippen LogP contribution is 2.16. The van der Waals surface area contributed by atoms with Crippen molar-refractivity contribution in [3.05, 3.63) is 54.5 Å². The average molecular weight is 270 g/mol. The SMILES string of the molecule is Cc1cnc(CN2C=CC(=O)NC2n2cccn2)cn1. The third kappa shape index (κ3) is 2.51. The second-order valence-corrected chi connectivity index (χ2v) is 4.51. The van der Waals surface area contributed by atoms with Crippen LogP contribution in [0.4, 0.5) is 0 Å². The van der Waals surface area contributed by atoms with Crippen LogP contribution in [0, 0.1) is 6.92 Å². The number of amides is 1. The van der Waals surface area contributed by atoms with E-state index in [9.17, 15) is 4.79 Å². The molecule has 3 rings (SSSR count). The molecule has 0 radical (unpaired) electrons. The predicted octanol–water partition coefficient (Wildman–Crippen LogP) is 0.583. The molecule has 1 N–H and O–H groups in total. The molecule has 0 aliphatic carbocycles. The van der Waals surface area contributed by atoms with Crippen molar-refractivity contribution >= 4 is 5.91 Å². The fourth-order valence-electron chi connectivity index (χ4n) is 1.97. The number of aryl methyl sites for hydroxylation is 1. The Morgan fingerprint density at radius 3 is 2.95 bits per heavy atom. The molecule has 0 spiro atoms. The zero-order valence-electron chi connectivity index (χ0n) is 11.0. The first-order chi connectivity index (χ1) is 9.72. The molecule has 102 valence electrons. The first kappa shape index (κ1) is 12.3. The molecular weight excluding hydrogens is 256 g/mol. The Morgan fingerprint density at radius 1 is 1.35 bits per heavy atom. The Bertz CT molecular complexity index is 619. The monoisotopic (exact) mass is 270 g/mol. The number of hydrogen-bond acceptors (Lipinski definition) is 5. The summed E-state index contributed by atoms with van der Waals surface area (Å²) < 4.78 is 1.68. The van der Waals surface area contributed by atoms with Crippen LogP contribution >= 0.6 is 0 Å². The molecular formula is C13H14N6O. The van der Waals surface area contributed by atoms with Crippen molar-refractivity contribution in [2.45, 2.75) is 19.8 Å². The maximum atomic E-state index is 11.5. The van der Waals surface area contributed by atoms with E-state index >= 15 is 0 Å². The normalized spacial score (nSPS) is 18.1. The summed E-state index contributed by atoms with van der Waals surface area (Å²) in [5.74, 6) is -0.142. The van der Waals surface area contributed by atoms with Crippen LogP contribution in [0.15, 0.2) is 43.1 Å². The van der Waals surface area contributed by atoms with E-state index in [4.69, 9.17) is 0 Å². The molecule has 0 fully saturated rings. The van der Waals surface area contributed by atoms with Crippen LogP contribution in [0.25, 0.3) is 0 Å². The minimum atomic E-state index is -0.356. The molecule has 3 heterocycles. The summed E-state index contributed by atoms with van der Waals surface area (Å²) in [5.41, 5.74) is 1.70. The molecule has 2 aromatic heterocycles. The summed E-state index contributed by atoms with van der Waals surface area (Å²) in [6.45, 7) is 2.43. The van der Waals surface area contributed by atoms with Gasteiger partial charge in [-0.3, -0.25) is 14.8 Å². The first-order valence-corrected chi connectivity index (χ1v) is 6.23. The standard InChI is InChI=1S/C13H14N6O/c1-10-7-15-11(8-14-10)9-18-6-3-12(20)17-13(18)19-5-2-4-16-19/h2-8,13H,9H2,1H3,(H,17,20). The number of nitrogens with one attached hydrogen (secondary N) is 1. The number of carbonyl (C=O) groups excluding carboxylic acids is 1. The molecule has 1 amide bonds. The molecule has 0 saturated carbocycles. The molecule has 1 aliphatic rings. The fourth-order valence-corrected chi connectivity index (χ4v) is 1.97. The average Bonchev–Trinajstić information content (AvgIpc) is 2.97. The van der Waals surface area contributed by atoms with E-state index in [1.54, 1.807) is 35.7 Å². The smallest absolute Gasteiger partial charge is 0.248 e. The van der Waals surface area contributed by atoms with Gasteiger partial charge in [0.2, 0.25) is 12.2 Å². The lowest BCUT2D eigenvalue weighted by Crippen LogP contribution is -2.45. The maximum Gasteiger partial charge on any atom is 0.248 e. The quantitative estimate of drug-likeness (QED) is 0.883. The third-order valence-electron chi connectivity index (χ3n) is 2.96. The van der Waals surface area contributed by atoms with Crippen molar-refractivity contribution < 1.29 is 4.79 Å². The van der Waals surface area contributed by atoms with E-state index in [1.165, 1.54) is 6.08 Å². The number of hydrogen-bond donors (Lipinski definition) is 1. The van der Waals surface area contributed by atoms with Crippen LogP contribution in [-0.4, -0.2) is 30.6 Å². The van der Waals surface area contributed by atoms with Gasteiger partial charge in [0.1, 0.15) is 0 Å². The van der Waals surface area contributed by atoms with Gasteiger partial charge < -0.3 is 10.2 Å². The lowest BCUT2D eigenvalue weighted by molar-refractivity contribution is -0.120. The summed E-state index contributed by atoms with van der Waals surface area (Å²) in [5, 5.41) is 7.02. The van der Waals surface area contributed by atoms with Crippen molar-refractivity contribution in [3.63, 3.8) is 0 Å². The van der Waals surface area contributed by atoms with Crippen LogP contribution in [0.5, 0.6) is 0 Å². The summed E-state index contributed by atoms with van der Waals surface area (Å²) in [4.78, 5) is 22.0. The molecule has 1 aliphatic heterocycles. The van der Waals surface area contributed by atoms with Gasteiger partial charge in [-0.2, -0.15) is 5.10 Å². The molecule has 7 heteroatoms. The van der Waals surface area contributed by atoms with Gasteiger partial charge >= 0.3 is 0 Å². The highest BCUT2D eigenvalue weighted by molar-refractivity contribution is 5.88. The molecule has 7 nitrogen and oxygen atoms in total. The highest BCUT2D eigenvalue weighted by Gasteiger charge is 2.23. The Morgan fingerprint density at radius 2 is 2.25 bits per heavy atom. The van der Waals surface area contributed by atoms with Gasteiger partial charge in [0.05, 0.1) is 24.1 Å². The minimum Gasteiger partial charge on any atom is -0.333 e. The van der Waals surface area contributed by atoms with Gasteiger partial charge in [0, 0.05) is 30.9 Å². The summed E-state index contributed by atoms with van der Waals surface area (Å²) in [6, 6.07) is 1.81. The molecule has 0 bridgehead atoms. The van der Waals surface area contributed by atoms with E-state index in [-0.39, 0.29) is 12.2 Å². The van der Waals surface area contributed by atoms with E-state index in [2.05, 4.69) is 20.4 Å². The predicted molar refractivity (Wildman–Crippen MR) is 70.9 cm³/mol. The summed E-state index contributed by atoms with van der Waals surface area (Å²) in [7, 11) is 0. The van der Waals surface area contributed by atoms with Gasteiger partial charge in [-0.25, -0.2) is 4.68 Å². The minimum absolute atomic E-state index is 0.142. The van der Waals surface area contributed by atoms with Crippen molar-refractivity contribution in [1.82, 2.24) is 30.0 Å². The van der Waals surface area contributed by atoms with Crippen molar-refractivity contribution in [1.29, 1.82) is 0 Å². The molecule has 20 heavy (non-hydrogen) atoms. The van der Waals surface area contributed by atoms with Gasteiger partial charge in [0.25, 0.3) is 0 Å². The second-order valence-electron chi connectivity index (χ2n) is 4.51. The van der Waals surface area contributed by atoms with Crippen LogP contribution < -0.4 is 5.32 Å².